The summed E-state index contributed by atoms with van der Waals surface area (Å²) < 4.78 is 31.9. The molecule has 0 saturated heterocycles. The second-order valence-electron chi connectivity index (χ2n) is 9.15. The van der Waals surface area contributed by atoms with Crippen LogP contribution in [0.25, 0.3) is 0 Å². The lowest BCUT2D eigenvalue weighted by Gasteiger charge is -2.19. The molecule has 0 saturated carbocycles. The second-order valence-corrected chi connectivity index (χ2v) is 10.8. The first kappa shape index (κ1) is 24.8. The highest BCUT2D eigenvalue weighted by atomic mass is 32.2. The molecule has 0 radical (unpaired) electrons. The van der Waals surface area contributed by atoms with E-state index >= 15 is 0 Å². The molecule has 30 heavy (non-hydrogen) atoms. The van der Waals surface area contributed by atoms with Crippen molar-refractivity contribution in [3.05, 3.63) is 57.6 Å². The van der Waals surface area contributed by atoms with Crippen LogP contribution in [0.1, 0.15) is 67.2 Å². The van der Waals surface area contributed by atoms with Crippen molar-refractivity contribution >= 4 is 10.1 Å². The van der Waals surface area contributed by atoms with Crippen LogP contribution in [0.3, 0.4) is 0 Å². The van der Waals surface area contributed by atoms with Gasteiger partial charge in [-0.3, -0.25) is 4.18 Å². The zero-order valence-electron chi connectivity index (χ0n) is 19.3. The Balaban J connectivity index is 2.27. The number of hydrogen-bond donors (Lipinski definition) is 1. The van der Waals surface area contributed by atoms with Crippen LogP contribution < -0.4 is 0 Å². The molecule has 0 aromatic carbocycles. The quantitative estimate of drug-likeness (QED) is 0.463. The molecule has 168 valence electrons. The van der Waals surface area contributed by atoms with Crippen LogP contribution in [-0.2, 0) is 14.3 Å². The largest absolute Gasteiger partial charge is 0.388 e. The second kappa shape index (κ2) is 10.7. The molecule has 2 aliphatic carbocycles. The Morgan fingerprint density at radius 3 is 2.20 bits per heavy atom. The van der Waals surface area contributed by atoms with Crippen LogP contribution in [0.15, 0.2) is 57.6 Å². The first-order valence-electron chi connectivity index (χ1n) is 11.1. The summed E-state index contributed by atoms with van der Waals surface area (Å²) in [5, 5.41) is 10.4. The molecule has 1 N–H and O–H groups in total. The molecule has 0 heterocycles. The summed E-state index contributed by atoms with van der Waals surface area (Å²) in [4.78, 5) is 0.361. The van der Waals surface area contributed by atoms with Crippen molar-refractivity contribution in [2.45, 2.75) is 73.3 Å². The molecule has 1 unspecified atom stereocenters. The lowest BCUT2D eigenvalue weighted by molar-refractivity contribution is 0.173. The zero-order valence-corrected chi connectivity index (χ0v) is 20.1. The van der Waals surface area contributed by atoms with Gasteiger partial charge in [-0.2, -0.15) is 8.42 Å². The van der Waals surface area contributed by atoms with Gasteiger partial charge >= 0.3 is 0 Å². The maximum Gasteiger partial charge on any atom is 0.293 e. The number of aliphatic hydroxyl groups excluding tert-OH is 1. The average molecular weight is 435 g/mol. The lowest BCUT2D eigenvalue weighted by Crippen LogP contribution is -2.18. The van der Waals surface area contributed by atoms with E-state index in [1.807, 2.05) is 38.2 Å². The van der Waals surface area contributed by atoms with Crippen molar-refractivity contribution in [3.63, 3.8) is 0 Å². The average Bonchev–Trinajstić information content (AvgIpc) is 2.90. The molecule has 2 aliphatic rings. The van der Waals surface area contributed by atoms with E-state index in [-0.39, 0.29) is 24.9 Å². The molecule has 0 fully saturated rings. The molecule has 0 aliphatic heterocycles. The van der Waals surface area contributed by atoms with Gasteiger partial charge in [-0.25, -0.2) is 0 Å². The zero-order chi connectivity index (χ0) is 22.5. The summed E-state index contributed by atoms with van der Waals surface area (Å²) in [6, 6.07) is 0. The van der Waals surface area contributed by atoms with Crippen LogP contribution >= 0.6 is 0 Å². The van der Waals surface area contributed by atoms with E-state index in [1.54, 1.807) is 0 Å². The molecule has 0 spiro atoms. The Morgan fingerprint density at radius 1 is 0.967 bits per heavy atom. The van der Waals surface area contributed by atoms with Crippen LogP contribution in [0.2, 0.25) is 0 Å². The molecular weight excluding hydrogens is 396 g/mol. The van der Waals surface area contributed by atoms with Gasteiger partial charge in [0.15, 0.2) is 0 Å². The van der Waals surface area contributed by atoms with Crippen molar-refractivity contribution < 1.29 is 17.7 Å². The predicted molar refractivity (Wildman–Crippen MR) is 124 cm³/mol. The van der Waals surface area contributed by atoms with Crippen molar-refractivity contribution in [1.29, 1.82) is 0 Å². The van der Waals surface area contributed by atoms with Gasteiger partial charge in [0.25, 0.3) is 10.1 Å². The molecule has 0 bridgehead atoms. The highest BCUT2D eigenvalue weighted by Crippen LogP contribution is 2.36. The maximum atomic E-state index is 13.2. The van der Waals surface area contributed by atoms with Crippen molar-refractivity contribution in [2.75, 3.05) is 6.61 Å². The molecule has 2 rings (SSSR count). The maximum absolute atomic E-state index is 13.2. The van der Waals surface area contributed by atoms with Crippen molar-refractivity contribution in [3.8, 4) is 0 Å². The van der Waals surface area contributed by atoms with Crippen LogP contribution in [0, 0.1) is 17.8 Å². The highest BCUT2D eigenvalue weighted by Gasteiger charge is 2.28. The fraction of sp³-hybridized carbons (Fsp3) is 0.600. The van der Waals surface area contributed by atoms with E-state index in [4.69, 9.17) is 4.18 Å². The Bertz CT molecular complexity index is 865. The Labute approximate surface area is 183 Å². The summed E-state index contributed by atoms with van der Waals surface area (Å²) >= 11 is 0. The monoisotopic (exact) mass is 434 g/mol. The SMILES string of the molecule is CC(C)C1=CC(C(C)C)=C(S(=O)(=O)OCCC(O)C2=CCCC=C2)CC(C(C)C)=C1. The molecule has 0 amide bonds. The summed E-state index contributed by atoms with van der Waals surface area (Å²) in [6.45, 7) is 12.4. The lowest BCUT2D eigenvalue weighted by atomic mass is 9.94. The van der Waals surface area contributed by atoms with E-state index in [2.05, 4.69) is 33.8 Å². The van der Waals surface area contributed by atoms with E-state index in [9.17, 15) is 13.5 Å². The summed E-state index contributed by atoms with van der Waals surface area (Å²) in [7, 11) is -3.90. The smallest absolute Gasteiger partial charge is 0.293 e. The van der Waals surface area contributed by atoms with Gasteiger partial charge in [-0.1, -0.05) is 77.5 Å². The number of hydrogen-bond acceptors (Lipinski definition) is 4. The minimum absolute atomic E-state index is 0.0367. The summed E-state index contributed by atoms with van der Waals surface area (Å²) in [5.41, 5.74) is 3.92. The van der Waals surface area contributed by atoms with Gasteiger partial charge in [-0.15, -0.1) is 0 Å². The van der Waals surface area contributed by atoms with Crippen molar-refractivity contribution in [1.82, 2.24) is 0 Å². The fourth-order valence-electron chi connectivity index (χ4n) is 3.67. The summed E-state index contributed by atoms with van der Waals surface area (Å²) in [5.74, 6) is 0.619. The molecule has 5 heteroatoms. The Kier molecular flexibility index (Phi) is 8.89. The van der Waals surface area contributed by atoms with Gasteiger partial charge in [0.2, 0.25) is 0 Å². The first-order chi connectivity index (χ1) is 14.0. The number of rotatable bonds is 9. The minimum atomic E-state index is -3.90. The normalized spacial score (nSPS) is 19.2. The van der Waals surface area contributed by atoms with Gasteiger partial charge < -0.3 is 5.11 Å². The third kappa shape index (κ3) is 6.53. The minimum Gasteiger partial charge on any atom is -0.388 e. The molecule has 0 aromatic rings. The third-order valence-corrected chi connectivity index (χ3v) is 7.19. The molecular formula is C25H38O4S. The Hall–Kier alpha value is -1.43. The fourth-order valence-corrected chi connectivity index (χ4v) is 5.05. The van der Waals surface area contributed by atoms with E-state index in [0.29, 0.717) is 17.2 Å². The van der Waals surface area contributed by atoms with Crippen molar-refractivity contribution in [2.24, 2.45) is 17.8 Å². The first-order valence-corrected chi connectivity index (χ1v) is 12.5. The number of allylic oxidation sites excluding steroid dienone is 8. The standard InChI is InChI=1S/C25H38O4S/c1-17(2)21-14-22(18(3)4)16-25(23(15-21)19(5)6)30(27,28)29-13-12-24(26)20-10-8-7-9-11-20/h8,10-11,14-15,17-19,24,26H,7,9,12-13,16H2,1-6H3. The van der Waals surface area contributed by atoms with E-state index in [1.165, 1.54) is 0 Å². The van der Waals surface area contributed by atoms with E-state index in [0.717, 1.165) is 35.1 Å². The molecule has 0 aromatic heterocycles. The van der Waals surface area contributed by atoms with Crippen LogP contribution in [0.4, 0.5) is 0 Å². The van der Waals surface area contributed by atoms with Gasteiger partial charge in [0.05, 0.1) is 17.6 Å². The van der Waals surface area contributed by atoms with Crippen LogP contribution in [0.5, 0.6) is 0 Å². The third-order valence-electron chi connectivity index (χ3n) is 5.73. The van der Waals surface area contributed by atoms with Gasteiger partial charge in [0.1, 0.15) is 0 Å². The summed E-state index contributed by atoms with van der Waals surface area (Å²) in [6.07, 6.45) is 11.9. The van der Waals surface area contributed by atoms with Gasteiger partial charge in [-0.05, 0) is 47.3 Å². The number of aliphatic hydroxyl groups is 1. The molecule has 1 atom stereocenters. The highest BCUT2D eigenvalue weighted by molar-refractivity contribution is 7.90. The predicted octanol–water partition coefficient (Wildman–Crippen LogP) is 5.84. The topological polar surface area (TPSA) is 63.6 Å². The Morgan fingerprint density at radius 2 is 1.67 bits per heavy atom. The van der Waals surface area contributed by atoms with Crippen LogP contribution in [-0.4, -0.2) is 26.2 Å². The molecule has 4 nitrogen and oxygen atoms in total. The van der Waals surface area contributed by atoms with Gasteiger partial charge in [0, 0.05) is 12.8 Å². The van der Waals surface area contributed by atoms with E-state index < -0.39 is 16.2 Å².